The minimum absolute atomic E-state index is 0.896. The molecule has 3 aromatic rings. The summed E-state index contributed by atoms with van der Waals surface area (Å²) in [6.07, 6.45) is 2.11. The van der Waals surface area contributed by atoms with Crippen molar-refractivity contribution < 1.29 is 4.74 Å². The minimum atomic E-state index is 0.896. The Morgan fingerprint density at radius 1 is 1.33 bits per heavy atom. The fourth-order valence-electron chi connectivity index (χ4n) is 2.12. The third kappa shape index (κ3) is 2.06. The second kappa shape index (κ2) is 4.78. The molecule has 0 aliphatic rings. The Bertz CT molecular complexity index is 686. The van der Waals surface area contributed by atoms with E-state index < -0.39 is 0 Å². The zero-order valence-corrected chi connectivity index (χ0v) is 12.3. The summed E-state index contributed by atoms with van der Waals surface area (Å²) >= 11 is 5.26. The molecule has 0 N–H and O–H groups in total. The Hall–Kier alpha value is -1.26. The quantitative estimate of drug-likeness (QED) is 0.691. The molecule has 0 aliphatic heterocycles. The van der Waals surface area contributed by atoms with Crippen molar-refractivity contribution in [2.45, 2.75) is 6.54 Å². The number of benzene rings is 1. The molecule has 0 saturated heterocycles. The summed E-state index contributed by atoms with van der Waals surface area (Å²) in [6.45, 7) is 0.896. The standard InChI is InChI=1S/C14H12BrNOS/c1-17-14-4-2-3-13-12(14)5-6-16(13)8-11-7-10(15)9-18-11/h2-7,9H,8H2,1H3. The first-order valence-electron chi connectivity index (χ1n) is 5.62. The molecule has 0 aliphatic carbocycles. The van der Waals surface area contributed by atoms with Crippen LogP contribution in [0.4, 0.5) is 0 Å². The second-order valence-electron chi connectivity index (χ2n) is 4.07. The molecule has 0 bridgehead atoms. The van der Waals surface area contributed by atoms with Gasteiger partial charge >= 0.3 is 0 Å². The predicted molar refractivity (Wildman–Crippen MR) is 79.6 cm³/mol. The van der Waals surface area contributed by atoms with Gasteiger partial charge in [0.1, 0.15) is 5.75 Å². The molecule has 0 fully saturated rings. The van der Waals surface area contributed by atoms with Gasteiger partial charge in [0.2, 0.25) is 0 Å². The van der Waals surface area contributed by atoms with E-state index in [0.717, 1.165) is 22.2 Å². The minimum Gasteiger partial charge on any atom is -0.496 e. The smallest absolute Gasteiger partial charge is 0.128 e. The van der Waals surface area contributed by atoms with Crippen molar-refractivity contribution in [1.29, 1.82) is 0 Å². The highest BCUT2D eigenvalue weighted by Gasteiger charge is 2.06. The molecule has 0 radical (unpaired) electrons. The molecule has 2 heterocycles. The highest BCUT2D eigenvalue weighted by Crippen LogP contribution is 2.28. The Balaban J connectivity index is 2.02. The van der Waals surface area contributed by atoms with Gasteiger partial charge in [-0.3, -0.25) is 0 Å². The summed E-state index contributed by atoms with van der Waals surface area (Å²) in [4.78, 5) is 1.34. The van der Waals surface area contributed by atoms with Crippen LogP contribution in [0.5, 0.6) is 5.75 Å². The maximum atomic E-state index is 5.38. The van der Waals surface area contributed by atoms with Gasteiger partial charge in [-0.25, -0.2) is 0 Å². The van der Waals surface area contributed by atoms with Crippen LogP contribution in [0.2, 0.25) is 0 Å². The molecule has 92 valence electrons. The summed E-state index contributed by atoms with van der Waals surface area (Å²) in [5.41, 5.74) is 1.21. The van der Waals surface area contributed by atoms with Gasteiger partial charge in [-0.2, -0.15) is 0 Å². The summed E-state index contributed by atoms with van der Waals surface area (Å²) in [6, 6.07) is 10.4. The fourth-order valence-corrected chi connectivity index (χ4v) is 3.56. The lowest BCUT2D eigenvalue weighted by Gasteiger charge is -2.05. The van der Waals surface area contributed by atoms with Gasteiger partial charge in [0.15, 0.2) is 0 Å². The second-order valence-corrected chi connectivity index (χ2v) is 5.98. The maximum absolute atomic E-state index is 5.38. The molecular formula is C14H12BrNOS. The van der Waals surface area contributed by atoms with E-state index in [-0.39, 0.29) is 0 Å². The van der Waals surface area contributed by atoms with Crippen LogP contribution >= 0.6 is 27.3 Å². The Labute approximate surface area is 118 Å². The van der Waals surface area contributed by atoms with Gasteiger partial charge in [0.25, 0.3) is 0 Å². The van der Waals surface area contributed by atoms with Crippen molar-refractivity contribution in [3.05, 3.63) is 51.3 Å². The molecule has 0 amide bonds. The number of fused-ring (bicyclic) bond motifs is 1. The molecule has 0 spiro atoms. The van der Waals surface area contributed by atoms with Crippen LogP contribution < -0.4 is 4.74 Å². The van der Waals surface area contributed by atoms with E-state index >= 15 is 0 Å². The third-order valence-electron chi connectivity index (χ3n) is 2.94. The maximum Gasteiger partial charge on any atom is 0.128 e. The van der Waals surface area contributed by atoms with Gasteiger partial charge in [-0.15, -0.1) is 11.3 Å². The van der Waals surface area contributed by atoms with Gasteiger partial charge in [0, 0.05) is 26.3 Å². The summed E-state index contributed by atoms with van der Waals surface area (Å²) < 4.78 is 8.77. The predicted octanol–water partition coefficient (Wildman–Crippen LogP) is 4.52. The van der Waals surface area contributed by atoms with Crippen molar-refractivity contribution in [3.63, 3.8) is 0 Å². The Morgan fingerprint density at radius 2 is 2.22 bits per heavy atom. The van der Waals surface area contributed by atoms with E-state index in [4.69, 9.17) is 4.74 Å². The van der Waals surface area contributed by atoms with Crippen LogP contribution in [0.1, 0.15) is 4.88 Å². The zero-order chi connectivity index (χ0) is 12.5. The number of aromatic nitrogens is 1. The monoisotopic (exact) mass is 321 g/mol. The van der Waals surface area contributed by atoms with E-state index in [1.807, 2.05) is 12.1 Å². The van der Waals surface area contributed by atoms with Gasteiger partial charge in [-0.1, -0.05) is 6.07 Å². The average molecular weight is 322 g/mol. The summed E-state index contributed by atoms with van der Waals surface area (Å²) in [7, 11) is 1.71. The van der Waals surface area contributed by atoms with Crippen LogP contribution in [0.15, 0.2) is 46.4 Å². The third-order valence-corrected chi connectivity index (χ3v) is 4.62. The molecule has 1 aromatic carbocycles. The van der Waals surface area contributed by atoms with Crippen LogP contribution in [0.3, 0.4) is 0 Å². The van der Waals surface area contributed by atoms with Crippen LogP contribution in [0.25, 0.3) is 10.9 Å². The average Bonchev–Trinajstić information content (AvgIpc) is 2.97. The van der Waals surface area contributed by atoms with Crippen molar-refractivity contribution >= 4 is 38.2 Å². The number of methoxy groups -OCH3 is 1. The van der Waals surface area contributed by atoms with Crippen molar-refractivity contribution in [3.8, 4) is 5.75 Å². The molecule has 2 nitrogen and oxygen atoms in total. The molecule has 2 aromatic heterocycles. The van der Waals surface area contributed by atoms with Crippen LogP contribution in [-0.2, 0) is 6.54 Å². The zero-order valence-electron chi connectivity index (χ0n) is 9.89. The first kappa shape index (κ1) is 11.8. The van der Waals surface area contributed by atoms with Crippen molar-refractivity contribution in [1.82, 2.24) is 4.57 Å². The molecular weight excluding hydrogens is 310 g/mol. The fraction of sp³-hybridized carbons (Fsp3) is 0.143. The number of ether oxygens (including phenoxy) is 1. The van der Waals surface area contributed by atoms with E-state index in [2.05, 4.69) is 50.3 Å². The Kier molecular flexibility index (Phi) is 3.14. The van der Waals surface area contributed by atoms with E-state index in [1.54, 1.807) is 18.4 Å². The van der Waals surface area contributed by atoms with E-state index in [9.17, 15) is 0 Å². The topological polar surface area (TPSA) is 14.2 Å². The highest BCUT2D eigenvalue weighted by atomic mass is 79.9. The lowest BCUT2D eigenvalue weighted by molar-refractivity contribution is 0.420. The van der Waals surface area contributed by atoms with Gasteiger partial charge in [0.05, 0.1) is 19.2 Å². The van der Waals surface area contributed by atoms with Gasteiger partial charge in [-0.05, 0) is 40.2 Å². The van der Waals surface area contributed by atoms with Crippen LogP contribution in [-0.4, -0.2) is 11.7 Å². The summed E-state index contributed by atoms with van der Waals surface area (Å²) in [5, 5.41) is 3.28. The molecule has 0 saturated carbocycles. The number of hydrogen-bond acceptors (Lipinski definition) is 2. The number of rotatable bonds is 3. The summed E-state index contributed by atoms with van der Waals surface area (Å²) in [5.74, 6) is 0.929. The van der Waals surface area contributed by atoms with E-state index in [1.165, 1.54) is 10.4 Å². The first-order valence-corrected chi connectivity index (χ1v) is 7.30. The SMILES string of the molecule is COc1cccc2c1ccn2Cc1cc(Br)cs1. The molecule has 4 heteroatoms. The Morgan fingerprint density at radius 3 is 2.94 bits per heavy atom. The lowest BCUT2D eigenvalue weighted by atomic mass is 10.2. The number of thiophene rings is 1. The number of hydrogen-bond donors (Lipinski definition) is 0. The highest BCUT2D eigenvalue weighted by molar-refractivity contribution is 9.10. The van der Waals surface area contributed by atoms with Gasteiger partial charge < -0.3 is 9.30 Å². The molecule has 3 rings (SSSR count). The number of halogens is 1. The van der Waals surface area contributed by atoms with Crippen molar-refractivity contribution in [2.75, 3.05) is 7.11 Å². The van der Waals surface area contributed by atoms with Crippen LogP contribution in [0, 0.1) is 0 Å². The number of nitrogens with zero attached hydrogens (tertiary/aromatic N) is 1. The molecule has 0 unspecified atom stereocenters. The van der Waals surface area contributed by atoms with E-state index in [0.29, 0.717) is 0 Å². The normalized spacial score (nSPS) is 11.0. The molecule has 0 atom stereocenters. The largest absolute Gasteiger partial charge is 0.496 e. The lowest BCUT2D eigenvalue weighted by Crippen LogP contribution is -1.95. The molecule has 18 heavy (non-hydrogen) atoms. The first-order chi connectivity index (χ1) is 8.78. The van der Waals surface area contributed by atoms with Crippen molar-refractivity contribution in [2.24, 2.45) is 0 Å².